The van der Waals surface area contributed by atoms with Crippen molar-refractivity contribution in [2.24, 2.45) is 5.41 Å². The minimum atomic E-state index is -0.452. The molecule has 0 amide bonds. The second-order valence-electron chi connectivity index (χ2n) is 11.1. The van der Waals surface area contributed by atoms with Gasteiger partial charge in [0.25, 0.3) is 0 Å². The number of hydrogen-bond donors (Lipinski definition) is 2. The van der Waals surface area contributed by atoms with Crippen LogP contribution in [0.1, 0.15) is 63.8 Å². The summed E-state index contributed by atoms with van der Waals surface area (Å²) in [5.41, 5.74) is 9.88. The van der Waals surface area contributed by atoms with Crippen LogP contribution in [0, 0.1) is 11.2 Å². The molecule has 3 N–H and O–H groups in total. The van der Waals surface area contributed by atoms with Gasteiger partial charge in [-0.3, -0.25) is 0 Å². The average Bonchev–Trinajstić information content (AvgIpc) is 2.86. The van der Waals surface area contributed by atoms with E-state index in [1.807, 2.05) is 13.0 Å². The molecule has 2 aromatic carbocycles. The van der Waals surface area contributed by atoms with Gasteiger partial charge in [0.2, 0.25) is 0 Å². The molecule has 8 heteroatoms. The molecule has 1 atom stereocenters. The number of fused-ring (bicyclic) bond motifs is 8. The van der Waals surface area contributed by atoms with Crippen LogP contribution < -0.4 is 16.0 Å². The van der Waals surface area contributed by atoms with Crippen molar-refractivity contribution in [1.82, 2.24) is 15.3 Å². The maximum atomic E-state index is 16.5. The molecule has 38 heavy (non-hydrogen) atoms. The molecule has 0 saturated carbocycles. The Morgan fingerprint density at radius 2 is 1.89 bits per heavy atom. The van der Waals surface area contributed by atoms with Gasteiger partial charge in [-0.1, -0.05) is 43.6 Å². The molecular formula is C30H36Cl2FN5. The number of hydrogen-bond acceptors (Lipinski definition) is 5. The summed E-state index contributed by atoms with van der Waals surface area (Å²) in [5.74, 6) is 0.923. The zero-order valence-corrected chi connectivity index (χ0v) is 23.8. The number of benzene rings is 2. The number of piperidine rings is 1. The van der Waals surface area contributed by atoms with Gasteiger partial charge in [0, 0.05) is 53.4 Å². The molecule has 1 saturated heterocycles. The second-order valence-corrected chi connectivity index (χ2v) is 11.9. The van der Waals surface area contributed by atoms with E-state index in [-0.39, 0.29) is 5.41 Å². The van der Waals surface area contributed by atoms with Crippen LogP contribution in [0.15, 0.2) is 30.5 Å². The molecule has 3 aliphatic heterocycles. The van der Waals surface area contributed by atoms with E-state index < -0.39 is 5.82 Å². The molecule has 3 aliphatic rings. The van der Waals surface area contributed by atoms with E-state index >= 15 is 4.39 Å². The second kappa shape index (κ2) is 10.9. The maximum absolute atomic E-state index is 16.5. The predicted molar refractivity (Wildman–Crippen MR) is 158 cm³/mol. The van der Waals surface area contributed by atoms with Crippen LogP contribution in [0.25, 0.3) is 22.0 Å². The first-order chi connectivity index (χ1) is 18.2. The summed E-state index contributed by atoms with van der Waals surface area (Å²) in [5, 5.41) is 5.02. The molecule has 4 heterocycles. The summed E-state index contributed by atoms with van der Waals surface area (Å²) >= 11 is 13.6. The zero-order valence-electron chi connectivity index (χ0n) is 22.3. The van der Waals surface area contributed by atoms with Crippen LogP contribution in [0.4, 0.5) is 15.9 Å². The fraction of sp³-hybridized carbons (Fsp3) is 0.467. The number of aromatic nitrogens is 2. The van der Waals surface area contributed by atoms with E-state index in [0.717, 1.165) is 75.2 Å². The standard InChI is InChI=1S/C30H36Cl2FN5/c1-4-25-36-28-22-16-24(32)26(27(28)33)21-14-19(34)15-23(31)20(21)9-6-5-8-18(2)35-12-11-30(3)10-7-13-38(17-30)29(22)37-25/h14-16,35H,2,4-13,17,34H2,1,3H3. The summed E-state index contributed by atoms with van der Waals surface area (Å²) in [7, 11) is 0. The quantitative estimate of drug-likeness (QED) is 0.301. The van der Waals surface area contributed by atoms with E-state index in [1.165, 1.54) is 0 Å². The monoisotopic (exact) mass is 555 g/mol. The lowest BCUT2D eigenvalue weighted by Gasteiger charge is -2.41. The van der Waals surface area contributed by atoms with E-state index in [0.29, 0.717) is 56.4 Å². The number of nitrogens with two attached hydrogens (primary N) is 1. The van der Waals surface area contributed by atoms with Gasteiger partial charge < -0.3 is 16.0 Å². The summed E-state index contributed by atoms with van der Waals surface area (Å²) in [6.07, 6.45) is 7.19. The summed E-state index contributed by atoms with van der Waals surface area (Å²) < 4.78 is 16.5. The van der Waals surface area contributed by atoms with Crippen LogP contribution >= 0.6 is 23.2 Å². The zero-order chi connectivity index (χ0) is 27.0. The molecule has 202 valence electrons. The molecule has 5 nitrogen and oxygen atoms in total. The van der Waals surface area contributed by atoms with Crippen molar-refractivity contribution in [1.29, 1.82) is 0 Å². The summed E-state index contributed by atoms with van der Waals surface area (Å²) in [6.45, 7) is 11.2. The predicted octanol–water partition coefficient (Wildman–Crippen LogP) is 7.71. The topological polar surface area (TPSA) is 67.1 Å². The molecule has 0 radical (unpaired) electrons. The number of nitrogens with one attached hydrogen (secondary N) is 1. The first-order valence-corrected chi connectivity index (χ1v) is 14.4. The van der Waals surface area contributed by atoms with E-state index in [2.05, 4.69) is 28.7 Å². The van der Waals surface area contributed by atoms with Crippen molar-refractivity contribution >= 4 is 45.6 Å². The first kappa shape index (κ1) is 27.0. The highest BCUT2D eigenvalue weighted by Gasteiger charge is 2.33. The maximum Gasteiger partial charge on any atom is 0.158 e. The number of aryl methyl sites for hydroxylation is 1. The van der Waals surface area contributed by atoms with Gasteiger partial charge in [-0.05, 0) is 79.7 Å². The largest absolute Gasteiger partial charge is 0.399 e. The van der Waals surface area contributed by atoms with Gasteiger partial charge in [-0.2, -0.15) is 0 Å². The van der Waals surface area contributed by atoms with Crippen molar-refractivity contribution in [3.05, 3.63) is 57.7 Å². The Kier molecular flexibility index (Phi) is 7.74. The fourth-order valence-corrected chi connectivity index (χ4v) is 6.59. The number of halogens is 3. The minimum Gasteiger partial charge on any atom is -0.399 e. The third-order valence-electron chi connectivity index (χ3n) is 8.05. The van der Waals surface area contributed by atoms with Crippen LogP contribution in [-0.4, -0.2) is 29.6 Å². The van der Waals surface area contributed by atoms with Crippen molar-refractivity contribution in [2.75, 3.05) is 30.3 Å². The van der Waals surface area contributed by atoms with Gasteiger partial charge in [-0.25, -0.2) is 14.4 Å². The smallest absolute Gasteiger partial charge is 0.158 e. The van der Waals surface area contributed by atoms with Gasteiger partial charge in [0.15, 0.2) is 5.82 Å². The van der Waals surface area contributed by atoms with E-state index in [9.17, 15) is 0 Å². The van der Waals surface area contributed by atoms with Crippen LogP contribution in [0.2, 0.25) is 10.0 Å². The number of nitrogen functional groups attached to an aromatic ring is 1. The van der Waals surface area contributed by atoms with Crippen molar-refractivity contribution in [3.8, 4) is 11.1 Å². The molecule has 0 spiro atoms. The number of anilines is 2. The molecule has 0 aliphatic carbocycles. The van der Waals surface area contributed by atoms with Gasteiger partial charge in [0.1, 0.15) is 17.2 Å². The number of nitrogens with zero attached hydrogens (tertiary/aromatic N) is 3. The van der Waals surface area contributed by atoms with Crippen molar-refractivity contribution in [2.45, 2.75) is 65.2 Å². The Labute approximate surface area is 234 Å². The van der Waals surface area contributed by atoms with Crippen molar-refractivity contribution < 1.29 is 4.39 Å². The highest BCUT2D eigenvalue weighted by molar-refractivity contribution is 6.35. The van der Waals surface area contributed by atoms with Gasteiger partial charge >= 0.3 is 0 Å². The summed E-state index contributed by atoms with van der Waals surface area (Å²) in [6, 6.07) is 5.32. The SMILES string of the molecule is C=C1CCCCc2c(Cl)cc(N)cc2-c2c(Cl)cc3c(nc(CC)nc3c2F)N2CCCC(C)(CCN1)C2. The van der Waals surface area contributed by atoms with Crippen LogP contribution in [0.3, 0.4) is 0 Å². The molecule has 3 aromatic rings. The third kappa shape index (κ3) is 5.30. The summed E-state index contributed by atoms with van der Waals surface area (Å²) in [4.78, 5) is 11.9. The Bertz CT molecular complexity index is 1390. The lowest BCUT2D eigenvalue weighted by molar-refractivity contribution is 0.240. The van der Waals surface area contributed by atoms with Gasteiger partial charge in [0.05, 0.1) is 5.02 Å². The average molecular weight is 557 g/mol. The third-order valence-corrected chi connectivity index (χ3v) is 8.69. The van der Waals surface area contributed by atoms with Crippen LogP contribution in [-0.2, 0) is 12.8 Å². The van der Waals surface area contributed by atoms with E-state index in [1.54, 1.807) is 12.1 Å². The molecular weight excluding hydrogens is 520 g/mol. The van der Waals surface area contributed by atoms with Crippen molar-refractivity contribution in [3.63, 3.8) is 0 Å². The number of rotatable bonds is 1. The Hall–Kier alpha value is -2.57. The van der Waals surface area contributed by atoms with Crippen LogP contribution in [0.5, 0.6) is 0 Å². The number of allylic oxidation sites excluding steroid dienone is 1. The minimum absolute atomic E-state index is 0.107. The van der Waals surface area contributed by atoms with Gasteiger partial charge in [-0.15, -0.1) is 0 Å². The highest BCUT2D eigenvalue weighted by Crippen LogP contribution is 2.43. The molecule has 1 fully saturated rings. The van der Waals surface area contributed by atoms with E-state index in [4.69, 9.17) is 33.9 Å². The Balaban J connectivity index is 1.74. The first-order valence-electron chi connectivity index (χ1n) is 13.6. The Morgan fingerprint density at radius 1 is 1.11 bits per heavy atom. The molecule has 1 unspecified atom stereocenters. The normalized spacial score (nSPS) is 20.8. The molecule has 6 rings (SSSR count). The lowest BCUT2D eigenvalue weighted by Crippen LogP contribution is -2.43. The Morgan fingerprint density at radius 3 is 2.68 bits per heavy atom. The molecule has 1 aromatic heterocycles. The lowest BCUT2D eigenvalue weighted by atomic mass is 9.79. The highest BCUT2D eigenvalue weighted by atomic mass is 35.5. The molecule has 6 bridgehead atoms. The fourth-order valence-electron chi connectivity index (χ4n) is 5.98.